The van der Waals surface area contributed by atoms with Crippen molar-refractivity contribution in [2.75, 3.05) is 18.5 Å². The summed E-state index contributed by atoms with van der Waals surface area (Å²) in [4.78, 5) is 9.72. The van der Waals surface area contributed by atoms with E-state index >= 15 is 0 Å². The van der Waals surface area contributed by atoms with Crippen molar-refractivity contribution in [1.82, 2.24) is 9.97 Å². The summed E-state index contributed by atoms with van der Waals surface area (Å²) in [6, 6.07) is 7.34. The molecule has 0 radical (unpaired) electrons. The van der Waals surface area contributed by atoms with Crippen LogP contribution in [0.25, 0.3) is 0 Å². The molecule has 21 heavy (non-hydrogen) atoms. The smallest absolute Gasteiger partial charge is 0.359 e. The van der Waals surface area contributed by atoms with Gasteiger partial charge < -0.3 is 4.90 Å². The molecule has 2 aromatic heterocycles. The Kier molecular flexibility index (Phi) is 4.67. The number of alkyl halides is 3. The number of pyridine rings is 2. The van der Waals surface area contributed by atoms with Gasteiger partial charge in [0.15, 0.2) is 0 Å². The molecule has 2 rings (SSSR count). The Hall–Kier alpha value is -1.82. The standard InChI is InChI=1S/C14H13ClF3N3/c1-21(7-5-11-4-2-3-6-19-11)13-9-10(14(16,17)18)8-12(15)20-13/h2-4,6,8-9H,5,7H2,1H3. The van der Waals surface area contributed by atoms with Crippen molar-refractivity contribution >= 4 is 17.4 Å². The van der Waals surface area contributed by atoms with Crippen LogP contribution in [0.2, 0.25) is 5.15 Å². The van der Waals surface area contributed by atoms with Crippen LogP contribution in [0.1, 0.15) is 11.3 Å². The topological polar surface area (TPSA) is 29.0 Å². The maximum absolute atomic E-state index is 12.7. The summed E-state index contributed by atoms with van der Waals surface area (Å²) in [5.74, 6) is 0.186. The van der Waals surface area contributed by atoms with E-state index in [0.717, 1.165) is 17.8 Å². The number of rotatable bonds is 4. The molecule has 3 nitrogen and oxygen atoms in total. The quantitative estimate of drug-likeness (QED) is 0.803. The lowest BCUT2D eigenvalue weighted by Gasteiger charge is -2.19. The molecule has 0 amide bonds. The van der Waals surface area contributed by atoms with Crippen LogP contribution in [0.5, 0.6) is 0 Å². The predicted octanol–water partition coefficient (Wildman–Crippen LogP) is 3.83. The molecule has 0 N–H and O–H groups in total. The van der Waals surface area contributed by atoms with Crippen molar-refractivity contribution in [3.05, 3.63) is 52.9 Å². The minimum atomic E-state index is -4.44. The molecule has 0 saturated carbocycles. The van der Waals surface area contributed by atoms with Crippen molar-refractivity contribution < 1.29 is 13.2 Å². The van der Waals surface area contributed by atoms with Crippen molar-refractivity contribution in [3.63, 3.8) is 0 Å². The van der Waals surface area contributed by atoms with Gasteiger partial charge in [0.1, 0.15) is 11.0 Å². The highest BCUT2D eigenvalue weighted by atomic mass is 35.5. The minimum Gasteiger partial charge on any atom is -0.359 e. The molecule has 0 unspecified atom stereocenters. The normalized spacial score (nSPS) is 11.5. The van der Waals surface area contributed by atoms with Gasteiger partial charge in [-0.05, 0) is 24.3 Å². The molecule has 0 aliphatic heterocycles. The van der Waals surface area contributed by atoms with E-state index < -0.39 is 11.7 Å². The van der Waals surface area contributed by atoms with Crippen LogP contribution in [-0.2, 0) is 12.6 Å². The summed E-state index contributed by atoms with van der Waals surface area (Å²) in [5.41, 5.74) is 0.0598. The van der Waals surface area contributed by atoms with E-state index in [4.69, 9.17) is 11.6 Å². The number of hydrogen-bond acceptors (Lipinski definition) is 3. The van der Waals surface area contributed by atoms with E-state index in [0.29, 0.717) is 13.0 Å². The number of halogens is 4. The zero-order valence-electron chi connectivity index (χ0n) is 11.2. The molecule has 0 saturated heterocycles. The first-order valence-corrected chi connectivity index (χ1v) is 6.60. The fourth-order valence-electron chi connectivity index (χ4n) is 1.79. The van der Waals surface area contributed by atoms with Crippen LogP contribution in [0.15, 0.2) is 36.5 Å². The molecule has 2 heterocycles. The molecule has 0 bridgehead atoms. The highest BCUT2D eigenvalue weighted by Crippen LogP contribution is 2.32. The first kappa shape index (κ1) is 15.6. The van der Waals surface area contributed by atoms with Crippen molar-refractivity contribution in [2.45, 2.75) is 12.6 Å². The van der Waals surface area contributed by atoms with E-state index in [9.17, 15) is 13.2 Å². The van der Waals surface area contributed by atoms with Gasteiger partial charge in [-0.1, -0.05) is 17.7 Å². The maximum atomic E-state index is 12.7. The Morgan fingerprint density at radius 3 is 2.62 bits per heavy atom. The van der Waals surface area contributed by atoms with Gasteiger partial charge >= 0.3 is 6.18 Å². The third kappa shape index (κ3) is 4.32. The molecular formula is C14H13ClF3N3. The average molecular weight is 316 g/mol. The molecule has 7 heteroatoms. The molecular weight excluding hydrogens is 303 g/mol. The number of likely N-dealkylation sites (N-methyl/N-ethyl adjacent to an activating group) is 1. The second-order valence-electron chi connectivity index (χ2n) is 4.53. The Morgan fingerprint density at radius 2 is 2.00 bits per heavy atom. The van der Waals surface area contributed by atoms with E-state index in [1.54, 1.807) is 24.2 Å². The summed E-state index contributed by atoms with van der Waals surface area (Å²) in [5, 5.41) is -0.176. The second-order valence-corrected chi connectivity index (χ2v) is 4.91. The summed E-state index contributed by atoms with van der Waals surface area (Å²) >= 11 is 5.67. The Labute approximate surface area is 125 Å². The molecule has 0 aliphatic rings. The molecule has 112 valence electrons. The molecule has 0 atom stereocenters. The lowest BCUT2D eigenvalue weighted by molar-refractivity contribution is -0.137. The highest BCUT2D eigenvalue weighted by molar-refractivity contribution is 6.29. The fraction of sp³-hybridized carbons (Fsp3) is 0.286. The fourth-order valence-corrected chi connectivity index (χ4v) is 1.99. The van der Waals surface area contributed by atoms with Crippen LogP contribution in [0.3, 0.4) is 0 Å². The van der Waals surface area contributed by atoms with Gasteiger partial charge in [-0.25, -0.2) is 4.98 Å². The number of nitrogens with zero attached hydrogens (tertiary/aromatic N) is 3. The van der Waals surface area contributed by atoms with Gasteiger partial charge in [-0.2, -0.15) is 13.2 Å². The van der Waals surface area contributed by atoms with Crippen LogP contribution in [0, 0.1) is 0 Å². The van der Waals surface area contributed by atoms with Gasteiger partial charge in [-0.3, -0.25) is 4.98 Å². The average Bonchev–Trinajstić information content (AvgIpc) is 2.44. The zero-order valence-corrected chi connectivity index (χ0v) is 12.0. The number of hydrogen-bond donors (Lipinski definition) is 0. The minimum absolute atomic E-state index is 0.176. The summed E-state index contributed by atoms with van der Waals surface area (Å²) < 4.78 is 38.2. The van der Waals surface area contributed by atoms with E-state index in [2.05, 4.69) is 9.97 Å². The maximum Gasteiger partial charge on any atom is 0.416 e. The first-order chi connectivity index (χ1) is 9.86. The zero-order chi connectivity index (χ0) is 15.5. The van der Waals surface area contributed by atoms with E-state index in [1.165, 1.54) is 0 Å². The Balaban J connectivity index is 2.12. The van der Waals surface area contributed by atoms with Gasteiger partial charge in [0.25, 0.3) is 0 Å². The van der Waals surface area contributed by atoms with Crippen LogP contribution < -0.4 is 4.90 Å². The van der Waals surface area contributed by atoms with Gasteiger partial charge in [-0.15, -0.1) is 0 Å². The molecule has 0 fully saturated rings. The number of aromatic nitrogens is 2. The SMILES string of the molecule is CN(CCc1ccccn1)c1cc(C(F)(F)F)cc(Cl)n1. The largest absolute Gasteiger partial charge is 0.416 e. The molecule has 2 aromatic rings. The summed E-state index contributed by atoms with van der Waals surface area (Å²) in [6.45, 7) is 0.488. The Morgan fingerprint density at radius 1 is 1.24 bits per heavy atom. The van der Waals surface area contributed by atoms with Gasteiger partial charge in [0, 0.05) is 31.9 Å². The highest BCUT2D eigenvalue weighted by Gasteiger charge is 2.31. The van der Waals surface area contributed by atoms with Crippen molar-refractivity contribution in [1.29, 1.82) is 0 Å². The monoisotopic (exact) mass is 315 g/mol. The predicted molar refractivity (Wildman–Crippen MR) is 75.5 cm³/mol. The lowest BCUT2D eigenvalue weighted by atomic mass is 10.2. The Bertz CT molecular complexity index is 602. The van der Waals surface area contributed by atoms with Crippen LogP contribution >= 0.6 is 11.6 Å². The first-order valence-electron chi connectivity index (χ1n) is 6.22. The van der Waals surface area contributed by atoms with Crippen molar-refractivity contribution in [3.8, 4) is 0 Å². The second kappa shape index (κ2) is 6.30. The van der Waals surface area contributed by atoms with Crippen LogP contribution in [-0.4, -0.2) is 23.6 Å². The number of anilines is 1. The van der Waals surface area contributed by atoms with Crippen molar-refractivity contribution in [2.24, 2.45) is 0 Å². The summed E-state index contributed by atoms with van der Waals surface area (Å²) in [6.07, 6.45) is -2.16. The van der Waals surface area contributed by atoms with Gasteiger partial charge in [0.05, 0.1) is 5.56 Å². The van der Waals surface area contributed by atoms with E-state index in [1.807, 2.05) is 12.1 Å². The molecule has 0 aromatic carbocycles. The molecule has 0 spiro atoms. The third-order valence-corrected chi connectivity index (χ3v) is 3.12. The lowest BCUT2D eigenvalue weighted by Crippen LogP contribution is -2.22. The third-order valence-electron chi connectivity index (χ3n) is 2.93. The van der Waals surface area contributed by atoms with E-state index in [-0.39, 0.29) is 11.0 Å². The molecule has 0 aliphatic carbocycles. The van der Waals surface area contributed by atoms with Crippen LogP contribution in [0.4, 0.5) is 19.0 Å². The van der Waals surface area contributed by atoms with Gasteiger partial charge in [0.2, 0.25) is 0 Å². The summed E-state index contributed by atoms with van der Waals surface area (Å²) in [7, 11) is 1.67.